The topological polar surface area (TPSA) is 23.6 Å². The highest BCUT2D eigenvalue weighted by Gasteiger charge is 2.18. The van der Waals surface area contributed by atoms with Crippen LogP contribution in [-0.2, 0) is 11.2 Å². The molecular weight excluding hydrogens is 316 g/mol. The summed E-state index contributed by atoms with van der Waals surface area (Å²) in [6.07, 6.45) is 3.47. The molecule has 0 aliphatic carbocycles. The molecule has 0 atom stereocenters. The van der Waals surface area contributed by atoms with Crippen molar-refractivity contribution in [3.8, 4) is 0 Å². The summed E-state index contributed by atoms with van der Waals surface area (Å²) in [4.78, 5) is 16.7. The fraction of sp³-hybridized carbons (Fsp3) is 0.438. The normalized spacial score (nSPS) is 16.8. The maximum Gasteiger partial charge on any atom is 0.227 e. The summed E-state index contributed by atoms with van der Waals surface area (Å²) in [6, 6.07) is 7.97. The van der Waals surface area contributed by atoms with Crippen LogP contribution in [0, 0.1) is 0 Å². The quantitative estimate of drug-likeness (QED) is 0.789. The second-order valence-corrected chi connectivity index (χ2v) is 6.04. The molecule has 1 fully saturated rings. The number of carbonyl (C=O) groups excluding carboxylic acids is 1. The van der Waals surface area contributed by atoms with Crippen molar-refractivity contribution in [2.45, 2.75) is 12.8 Å². The average molecular weight is 337 g/mol. The van der Waals surface area contributed by atoms with Gasteiger partial charge in [-0.2, -0.15) is 0 Å². The highest BCUT2D eigenvalue weighted by Crippen LogP contribution is 2.12. The Balaban J connectivity index is 1.89. The zero-order chi connectivity index (χ0) is 14.4. The second kappa shape index (κ2) is 7.60. The molecular formula is C16H21BrN2O. The van der Waals surface area contributed by atoms with Crippen molar-refractivity contribution >= 4 is 21.8 Å². The highest BCUT2D eigenvalue weighted by molar-refractivity contribution is 9.10. The van der Waals surface area contributed by atoms with Gasteiger partial charge in [0.25, 0.3) is 0 Å². The van der Waals surface area contributed by atoms with Crippen LogP contribution in [0.4, 0.5) is 0 Å². The van der Waals surface area contributed by atoms with Gasteiger partial charge in [0.05, 0.1) is 6.42 Å². The zero-order valence-corrected chi connectivity index (χ0v) is 13.3. The van der Waals surface area contributed by atoms with Crippen molar-refractivity contribution in [2.75, 3.05) is 32.7 Å². The molecule has 0 saturated carbocycles. The van der Waals surface area contributed by atoms with Crippen LogP contribution < -0.4 is 0 Å². The molecule has 1 aromatic carbocycles. The van der Waals surface area contributed by atoms with Gasteiger partial charge < -0.3 is 4.90 Å². The van der Waals surface area contributed by atoms with E-state index in [1.54, 1.807) is 0 Å². The number of carbonyl (C=O) groups is 1. The molecule has 0 N–H and O–H groups in total. The lowest BCUT2D eigenvalue weighted by atomic mass is 10.1. The SMILES string of the molecule is C=CCN1CCCN(C(=O)Cc2ccc(Br)cc2)CC1. The lowest BCUT2D eigenvalue weighted by Crippen LogP contribution is -2.36. The van der Waals surface area contributed by atoms with E-state index in [0.717, 1.165) is 49.2 Å². The van der Waals surface area contributed by atoms with Gasteiger partial charge in [-0.25, -0.2) is 0 Å². The summed E-state index contributed by atoms with van der Waals surface area (Å²) >= 11 is 3.41. The van der Waals surface area contributed by atoms with Crippen LogP contribution in [0.5, 0.6) is 0 Å². The molecule has 0 spiro atoms. The highest BCUT2D eigenvalue weighted by atomic mass is 79.9. The number of hydrogen-bond donors (Lipinski definition) is 0. The third-order valence-electron chi connectivity index (χ3n) is 3.60. The molecule has 1 aliphatic heterocycles. The molecule has 20 heavy (non-hydrogen) atoms. The van der Waals surface area contributed by atoms with Crippen molar-refractivity contribution in [1.29, 1.82) is 0 Å². The minimum atomic E-state index is 0.229. The number of rotatable bonds is 4. The summed E-state index contributed by atoms with van der Waals surface area (Å²) < 4.78 is 1.04. The van der Waals surface area contributed by atoms with Crippen LogP contribution in [0.25, 0.3) is 0 Å². The molecule has 0 radical (unpaired) electrons. The lowest BCUT2D eigenvalue weighted by Gasteiger charge is -2.21. The summed E-state index contributed by atoms with van der Waals surface area (Å²) in [6.45, 7) is 8.37. The Morgan fingerprint density at radius 3 is 2.65 bits per heavy atom. The Morgan fingerprint density at radius 2 is 1.95 bits per heavy atom. The fourth-order valence-corrected chi connectivity index (χ4v) is 2.74. The Hall–Kier alpha value is -1.13. The molecule has 4 heteroatoms. The van der Waals surface area contributed by atoms with E-state index in [4.69, 9.17) is 0 Å². The number of amides is 1. The Morgan fingerprint density at radius 1 is 1.20 bits per heavy atom. The second-order valence-electron chi connectivity index (χ2n) is 5.13. The molecule has 0 aromatic heterocycles. The van der Waals surface area contributed by atoms with Crippen LogP contribution in [-0.4, -0.2) is 48.4 Å². The predicted octanol–water partition coefficient (Wildman–Crippen LogP) is 2.71. The van der Waals surface area contributed by atoms with Gasteiger partial charge in [-0.15, -0.1) is 6.58 Å². The van der Waals surface area contributed by atoms with E-state index < -0.39 is 0 Å². The van der Waals surface area contributed by atoms with Gasteiger partial charge in [-0.3, -0.25) is 9.69 Å². The molecule has 108 valence electrons. The first kappa shape index (κ1) is 15.3. The van der Waals surface area contributed by atoms with Gasteiger partial charge in [0.1, 0.15) is 0 Å². The van der Waals surface area contributed by atoms with E-state index >= 15 is 0 Å². The Labute approximate surface area is 129 Å². The lowest BCUT2D eigenvalue weighted by molar-refractivity contribution is -0.130. The van der Waals surface area contributed by atoms with E-state index in [1.807, 2.05) is 35.2 Å². The first-order chi connectivity index (χ1) is 9.69. The maximum absolute atomic E-state index is 12.3. The predicted molar refractivity (Wildman–Crippen MR) is 85.7 cm³/mol. The largest absolute Gasteiger partial charge is 0.341 e. The first-order valence-corrected chi connectivity index (χ1v) is 7.84. The van der Waals surface area contributed by atoms with Gasteiger partial charge in [-0.05, 0) is 24.1 Å². The zero-order valence-electron chi connectivity index (χ0n) is 11.7. The van der Waals surface area contributed by atoms with Crippen molar-refractivity contribution in [2.24, 2.45) is 0 Å². The monoisotopic (exact) mass is 336 g/mol. The van der Waals surface area contributed by atoms with Crippen molar-refractivity contribution in [1.82, 2.24) is 9.80 Å². The number of halogens is 1. The van der Waals surface area contributed by atoms with Crippen LogP contribution >= 0.6 is 15.9 Å². The third kappa shape index (κ3) is 4.46. The molecule has 1 heterocycles. The molecule has 3 nitrogen and oxygen atoms in total. The number of hydrogen-bond acceptors (Lipinski definition) is 2. The Bertz CT molecular complexity index is 458. The Kier molecular flexibility index (Phi) is 5.80. The van der Waals surface area contributed by atoms with Gasteiger partial charge >= 0.3 is 0 Å². The first-order valence-electron chi connectivity index (χ1n) is 7.04. The van der Waals surface area contributed by atoms with Crippen molar-refractivity contribution in [3.05, 3.63) is 47.0 Å². The summed E-state index contributed by atoms with van der Waals surface area (Å²) in [7, 11) is 0. The number of benzene rings is 1. The molecule has 1 saturated heterocycles. The molecule has 0 unspecified atom stereocenters. The van der Waals surface area contributed by atoms with E-state index in [9.17, 15) is 4.79 Å². The minimum absolute atomic E-state index is 0.229. The van der Waals surface area contributed by atoms with Gasteiger partial charge in [0, 0.05) is 37.2 Å². The summed E-state index contributed by atoms with van der Waals surface area (Å²) in [5.41, 5.74) is 1.07. The van der Waals surface area contributed by atoms with E-state index in [0.29, 0.717) is 6.42 Å². The maximum atomic E-state index is 12.3. The summed E-state index contributed by atoms with van der Waals surface area (Å²) in [5.74, 6) is 0.229. The van der Waals surface area contributed by atoms with E-state index in [-0.39, 0.29) is 5.91 Å². The van der Waals surface area contributed by atoms with Gasteiger partial charge in [0.2, 0.25) is 5.91 Å². The molecule has 2 rings (SSSR count). The van der Waals surface area contributed by atoms with Crippen molar-refractivity contribution < 1.29 is 4.79 Å². The van der Waals surface area contributed by atoms with Crippen molar-refractivity contribution in [3.63, 3.8) is 0 Å². The van der Waals surface area contributed by atoms with Crippen LogP contribution in [0.15, 0.2) is 41.4 Å². The van der Waals surface area contributed by atoms with Crippen LogP contribution in [0.3, 0.4) is 0 Å². The smallest absolute Gasteiger partial charge is 0.227 e. The molecule has 1 amide bonds. The van der Waals surface area contributed by atoms with E-state index in [1.165, 1.54) is 0 Å². The molecule has 0 bridgehead atoms. The van der Waals surface area contributed by atoms with E-state index in [2.05, 4.69) is 27.4 Å². The van der Waals surface area contributed by atoms with Gasteiger partial charge in [0.15, 0.2) is 0 Å². The fourth-order valence-electron chi connectivity index (χ4n) is 2.47. The summed E-state index contributed by atoms with van der Waals surface area (Å²) in [5, 5.41) is 0. The molecule has 1 aromatic rings. The van der Waals surface area contributed by atoms with Crippen LogP contribution in [0.1, 0.15) is 12.0 Å². The van der Waals surface area contributed by atoms with Crippen LogP contribution in [0.2, 0.25) is 0 Å². The standard InChI is InChI=1S/C16H21BrN2O/c1-2-8-18-9-3-10-19(12-11-18)16(20)13-14-4-6-15(17)7-5-14/h2,4-7H,1,3,8-13H2. The number of nitrogens with zero attached hydrogens (tertiary/aromatic N) is 2. The van der Waals surface area contributed by atoms with Gasteiger partial charge in [-0.1, -0.05) is 34.1 Å². The molecule has 1 aliphatic rings. The average Bonchev–Trinajstić information content (AvgIpc) is 2.67. The third-order valence-corrected chi connectivity index (χ3v) is 4.13. The minimum Gasteiger partial charge on any atom is -0.341 e.